The van der Waals surface area contributed by atoms with Crippen LogP contribution < -0.4 is 11.1 Å². The van der Waals surface area contributed by atoms with Gasteiger partial charge in [-0.3, -0.25) is 0 Å². The summed E-state index contributed by atoms with van der Waals surface area (Å²) in [5.74, 6) is 0.287. The quantitative estimate of drug-likeness (QED) is 0.185. The number of rotatable bonds is 7. The fourth-order valence-electron chi connectivity index (χ4n) is 1.15. The minimum atomic E-state index is 0.285. The Morgan fingerprint density at radius 3 is 2.77 bits per heavy atom. The summed E-state index contributed by atoms with van der Waals surface area (Å²) < 4.78 is 0. The topological polar surface area (TPSA) is 70.6 Å². The lowest BCUT2D eigenvalue weighted by atomic mass is 10.2. The van der Waals surface area contributed by atoms with E-state index in [4.69, 9.17) is 10.9 Å². The standard InChI is InChI=1S/C9H21N3O/c1-3-4-5-6-11-8(2)7-9(10)12-13/h8,11,13H,3-7H2,1-2H3,(H2,10,12). The van der Waals surface area contributed by atoms with Gasteiger partial charge in [0.25, 0.3) is 0 Å². The minimum Gasteiger partial charge on any atom is -0.409 e. The van der Waals surface area contributed by atoms with Gasteiger partial charge in [-0.15, -0.1) is 0 Å². The van der Waals surface area contributed by atoms with Crippen LogP contribution in [0.1, 0.15) is 39.5 Å². The summed E-state index contributed by atoms with van der Waals surface area (Å²) in [6.45, 7) is 5.22. The number of hydrogen-bond acceptors (Lipinski definition) is 3. The SMILES string of the molecule is CCCCCNC(C)CC(N)=NO. The minimum absolute atomic E-state index is 0.285. The Labute approximate surface area is 80.2 Å². The second-order valence-corrected chi connectivity index (χ2v) is 3.36. The van der Waals surface area contributed by atoms with Crippen LogP contribution in [0.4, 0.5) is 0 Å². The molecule has 4 heteroatoms. The van der Waals surface area contributed by atoms with E-state index >= 15 is 0 Å². The van der Waals surface area contributed by atoms with Gasteiger partial charge in [0.2, 0.25) is 0 Å². The van der Waals surface area contributed by atoms with Crippen molar-refractivity contribution in [3.8, 4) is 0 Å². The number of hydrogen-bond donors (Lipinski definition) is 3. The average Bonchev–Trinajstić information content (AvgIpc) is 2.12. The van der Waals surface area contributed by atoms with Crippen LogP contribution in [0.3, 0.4) is 0 Å². The van der Waals surface area contributed by atoms with Gasteiger partial charge in [-0.2, -0.15) is 0 Å². The largest absolute Gasteiger partial charge is 0.409 e. The molecular formula is C9H21N3O. The Morgan fingerprint density at radius 2 is 2.23 bits per heavy atom. The smallest absolute Gasteiger partial charge is 0.140 e. The van der Waals surface area contributed by atoms with E-state index in [1.54, 1.807) is 0 Å². The van der Waals surface area contributed by atoms with Crippen molar-refractivity contribution in [2.24, 2.45) is 10.9 Å². The first kappa shape index (κ1) is 12.2. The summed E-state index contributed by atoms with van der Waals surface area (Å²) in [5, 5.41) is 14.6. The molecule has 0 aliphatic heterocycles. The Balaban J connectivity index is 3.35. The van der Waals surface area contributed by atoms with Crippen molar-refractivity contribution in [3.63, 3.8) is 0 Å². The summed E-state index contributed by atoms with van der Waals surface area (Å²) in [6, 6.07) is 0.285. The molecule has 0 saturated heterocycles. The molecule has 0 rings (SSSR count). The normalized spacial score (nSPS) is 14.5. The summed E-state index contributed by atoms with van der Waals surface area (Å²) in [7, 11) is 0. The first-order valence-corrected chi connectivity index (χ1v) is 4.90. The van der Waals surface area contributed by atoms with Crippen molar-refractivity contribution in [3.05, 3.63) is 0 Å². The Morgan fingerprint density at radius 1 is 1.54 bits per heavy atom. The lowest BCUT2D eigenvalue weighted by Gasteiger charge is -2.12. The molecule has 0 bridgehead atoms. The molecule has 4 nitrogen and oxygen atoms in total. The fraction of sp³-hybridized carbons (Fsp3) is 0.889. The average molecular weight is 187 g/mol. The molecule has 0 fully saturated rings. The van der Waals surface area contributed by atoms with E-state index in [9.17, 15) is 0 Å². The highest BCUT2D eigenvalue weighted by atomic mass is 16.4. The number of nitrogens with one attached hydrogen (secondary N) is 1. The fourth-order valence-corrected chi connectivity index (χ4v) is 1.15. The molecule has 0 aliphatic rings. The Bertz CT molecular complexity index is 148. The van der Waals surface area contributed by atoms with E-state index in [0.29, 0.717) is 6.42 Å². The maximum atomic E-state index is 8.33. The predicted molar refractivity (Wildman–Crippen MR) is 55.0 cm³/mol. The van der Waals surface area contributed by atoms with E-state index in [0.717, 1.165) is 6.54 Å². The molecular weight excluding hydrogens is 166 g/mol. The molecule has 0 radical (unpaired) electrons. The summed E-state index contributed by atoms with van der Waals surface area (Å²) in [5.41, 5.74) is 5.36. The van der Waals surface area contributed by atoms with Crippen LogP contribution in [0.25, 0.3) is 0 Å². The van der Waals surface area contributed by atoms with Gasteiger partial charge in [-0.25, -0.2) is 0 Å². The highest BCUT2D eigenvalue weighted by molar-refractivity contribution is 5.80. The van der Waals surface area contributed by atoms with Crippen LogP contribution in [0.15, 0.2) is 5.16 Å². The summed E-state index contributed by atoms with van der Waals surface area (Å²) >= 11 is 0. The van der Waals surface area contributed by atoms with Gasteiger partial charge >= 0.3 is 0 Å². The molecule has 4 N–H and O–H groups in total. The van der Waals surface area contributed by atoms with E-state index in [1.807, 2.05) is 6.92 Å². The third-order valence-electron chi connectivity index (χ3n) is 1.92. The van der Waals surface area contributed by atoms with E-state index in [2.05, 4.69) is 17.4 Å². The zero-order chi connectivity index (χ0) is 10.1. The molecule has 0 aromatic rings. The van der Waals surface area contributed by atoms with Crippen molar-refractivity contribution in [1.29, 1.82) is 0 Å². The van der Waals surface area contributed by atoms with Crippen LogP contribution in [0.5, 0.6) is 0 Å². The zero-order valence-electron chi connectivity index (χ0n) is 8.58. The highest BCUT2D eigenvalue weighted by Gasteiger charge is 2.02. The molecule has 0 heterocycles. The van der Waals surface area contributed by atoms with Gasteiger partial charge in [0.15, 0.2) is 0 Å². The number of nitrogens with zero attached hydrogens (tertiary/aromatic N) is 1. The van der Waals surface area contributed by atoms with Crippen molar-refractivity contribution in [1.82, 2.24) is 5.32 Å². The molecule has 13 heavy (non-hydrogen) atoms. The van der Waals surface area contributed by atoms with Gasteiger partial charge < -0.3 is 16.3 Å². The molecule has 0 aliphatic carbocycles. The van der Waals surface area contributed by atoms with Crippen molar-refractivity contribution in [2.45, 2.75) is 45.6 Å². The number of oxime groups is 1. The molecule has 0 spiro atoms. The lowest BCUT2D eigenvalue weighted by molar-refractivity contribution is 0.316. The first-order valence-electron chi connectivity index (χ1n) is 4.90. The van der Waals surface area contributed by atoms with Gasteiger partial charge in [0.05, 0.1) is 0 Å². The summed E-state index contributed by atoms with van der Waals surface area (Å²) in [6.07, 6.45) is 4.28. The Hall–Kier alpha value is -0.770. The third-order valence-corrected chi connectivity index (χ3v) is 1.92. The molecule has 0 aromatic carbocycles. The third kappa shape index (κ3) is 7.59. The molecule has 0 amide bonds. The van der Waals surface area contributed by atoms with Gasteiger partial charge in [0.1, 0.15) is 5.84 Å². The number of unbranched alkanes of at least 4 members (excludes halogenated alkanes) is 2. The van der Waals surface area contributed by atoms with Gasteiger partial charge in [0, 0.05) is 12.5 Å². The molecule has 78 valence electrons. The maximum Gasteiger partial charge on any atom is 0.140 e. The van der Waals surface area contributed by atoms with Crippen molar-refractivity contribution < 1.29 is 5.21 Å². The van der Waals surface area contributed by atoms with Gasteiger partial charge in [-0.1, -0.05) is 24.9 Å². The molecule has 0 saturated carbocycles. The molecule has 1 unspecified atom stereocenters. The van der Waals surface area contributed by atoms with Crippen LogP contribution in [-0.2, 0) is 0 Å². The summed E-state index contributed by atoms with van der Waals surface area (Å²) in [4.78, 5) is 0. The van der Waals surface area contributed by atoms with Crippen LogP contribution in [-0.4, -0.2) is 23.6 Å². The monoisotopic (exact) mass is 187 g/mol. The maximum absolute atomic E-state index is 8.33. The van der Waals surface area contributed by atoms with Crippen molar-refractivity contribution in [2.75, 3.05) is 6.54 Å². The van der Waals surface area contributed by atoms with E-state index in [1.165, 1.54) is 19.3 Å². The van der Waals surface area contributed by atoms with E-state index < -0.39 is 0 Å². The van der Waals surface area contributed by atoms with Crippen molar-refractivity contribution >= 4 is 5.84 Å². The van der Waals surface area contributed by atoms with Crippen LogP contribution in [0.2, 0.25) is 0 Å². The van der Waals surface area contributed by atoms with Gasteiger partial charge in [-0.05, 0) is 19.9 Å². The molecule has 1 atom stereocenters. The lowest BCUT2D eigenvalue weighted by Crippen LogP contribution is -2.31. The number of amidine groups is 1. The molecule has 0 aromatic heterocycles. The Kier molecular flexibility index (Phi) is 7.39. The van der Waals surface area contributed by atoms with E-state index in [-0.39, 0.29) is 11.9 Å². The first-order chi connectivity index (χ1) is 6.20. The second kappa shape index (κ2) is 7.86. The van der Waals surface area contributed by atoms with Crippen LogP contribution in [0, 0.1) is 0 Å². The predicted octanol–water partition coefficient (Wildman–Crippen LogP) is 1.29. The number of nitrogens with two attached hydrogens (primary N) is 1. The highest BCUT2D eigenvalue weighted by Crippen LogP contribution is 1.94. The van der Waals surface area contributed by atoms with Crippen LogP contribution >= 0.6 is 0 Å². The zero-order valence-corrected chi connectivity index (χ0v) is 8.58. The second-order valence-electron chi connectivity index (χ2n) is 3.36.